The molecule has 0 aromatic heterocycles. The number of alkyl carbamates (subject to hydrolysis) is 1. The number of carbonyl (C=O) groups is 2. The van der Waals surface area contributed by atoms with Crippen LogP contribution in [0.25, 0.3) is 11.1 Å². The Balaban J connectivity index is 1.86. The van der Waals surface area contributed by atoms with Crippen LogP contribution in [0.3, 0.4) is 0 Å². The van der Waals surface area contributed by atoms with Crippen molar-refractivity contribution >= 4 is 12.1 Å². The van der Waals surface area contributed by atoms with Crippen molar-refractivity contribution in [3.8, 4) is 11.1 Å². The van der Waals surface area contributed by atoms with E-state index in [1.54, 1.807) is 6.92 Å². The van der Waals surface area contributed by atoms with E-state index in [0.717, 1.165) is 22.3 Å². The first kappa shape index (κ1) is 15.1. The van der Waals surface area contributed by atoms with Gasteiger partial charge in [-0.1, -0.05) is 55.5 Å². The van der Waals surface area contributed by atoms with Gasteiger partial charge < -0.3 is 15.2 Å². The van der Waals surface area contributed by atoms with Crippen molar-refractivity contribution in [2.45, 2.75) is 25.5 Å². The van der Waals surface area contributed by atoms with E-state index in [1.165, 1.54) is 0 Å². The number of benzene rings is 2. The van der Waals surface area contributed by atoms with Gasteiger partial charge in [0.25, 0.3) is 0 Å². The number of rotatable bonds is 4. The Labute approximate surface area is 133 Å². The molecule has 0 radical (unpaired) electrons. The van der Waals surface area contributed by atoms with Crippen molar-refractivity contribution in [3.05, 3.63) is 59.7 Å². The predicted molar refractivity (Wildman–Crippen MR) is 85.1 cm³/mol. The number of hydrogen-bond donors (Lipinski definition) is 2. The first-order valence-corrected chi connectivity index (χ1v) is 7.50. The van der Waals surface area contributed by atoms with Crippen LogP contribution in [0.5, 0.6) is 0 Å². The van der Waals surface area contributed by atoms with Gasteiger partial charge in [-0.25, -0.2) is 9.59 Å². The highest BCUT2D eigenvalue weighted by molar-refractivity contribution is 5.82. The molecule has 0 aliphatic heterocycles. The zero-order valence-corrected chi connectivity index (χ0v) is 12.7. The van der Waals surface area contributed by atoms with E-state index in [4.69, 9.17) is 9.84 Å². The van der Waals surface area contributed by atoms with Gasteiger partial charge in [-0.15, -0.1) is 0 Å². The number of fused-ring (bicyclic) bond motifs is 3. The lowest BCUT2D eigenvalue weighted by Crippen LogP contribution is -2.40. The molecule has 1 aliphatic rings. The molecule has 0 spiro atoms. The standard InChI is InChI=1S/C18H17NO4/c1-2-15(17(20)21)19-18(22)23-16-13-9-5-3-7-11(13)12-8-4-6-10-14(12)16/h3-10,15-16H,2H2,1H3,(H,19,22)(H,20,21). The Morgan fingerprint density at radius 1 is 1.09 bits per heavy atom. The Morgan fingerprint density at radius 2 is 1.61 bits per heavy atom. The molecule has 2 N–H and O–H groups in total. The summed E-state index contributed by atoms with van der Waals surface area (Å²) in [6, 6.07) is 14.5. The van der Waals surface area contributed by atoms with Gasteiger partial charge in [0, 0.05) is 11.1 Å². The minimum absolute atomic E-state index is 0.294. The van der Waals surface area contributed by atoms with E-state index >= 15 is 0 Å². The fourth-order valence-corrected chi connectivity index (χ4v) is 2.86. The van der Waals surface area contributed by atoms with Gasteiger partial charge in [0.05, 0.1) is 0 Å². The molecule has 1 unspecified atom stereocenters. The summed E-state index contributed by atoms with van der Waals surface area (Å²) in [6.45, 7) is 1.69. The van der Waals surface area contributed by atoms with Gasteiger partial charge in [-0.05, 0) is 17.5 Å². The second kappa shape index (κ2) is 6.12. The van der Waals surface area contributed by atoms with Crippen LogP contribution in [0.1, 0.15) is 30.6 Å². The van der Waals surface area contributed by atoms with Gasteiger partial charge in [0.1, 0.15) is 6.04 Å². The molecule has 1 amide bonds. The number of ether oxygens (including phenoxy) is 1. The molecule has 5 nitrogen and oxygen atoms in total. The second-order valence-corrected chi connectivity index (χ2v) is 5.40. The maximum absolute atomic E-state index is 12.1. The van der Waals surface area contributed by atoms with Crippen LogP contribution in [-0.2, 0) is 9.53 Å². The van der Waals surface area contributed by atoms with Crippen molar-refractivity contribution in [3.63, 3.8) is 0 Å². The highest BCUT2D eigenvalue weighted by atomic mass is 16.6. The Hall–Kier alpha value is -2.82. The van der Waals surface area contributed by atoms with Gasteiger partial charge in [-0.2, -0.15) is 0 Å². The van der Waals surface area contributed by atoms with Gasteiger partial charge in [0.2, 0.25) is 0 Å². The second-order valence-electron chi connectivity index (χ2n) is 5.40. The van der Waals surface area contributed by atoms with E-state index in [1.807, 2.05) is 48.5 Å². The molecule has 0 fully saturated rings. The molecule has 2 aromatic carbocycles. The normalized spacial score (nSPS) is 13.8. The number of carboxylic acid groups (broad SMARTS) is 1. The number of amides is 1. The quantitative estimate of drug-likeness (QED) is 0.908. The van der Waals surface area contributed by atoms with Crippen molar-refractivity contribution in [2.24, 2.45) is 0 Å². The lowest BCUT2D eigenvalue weighted by atomic mass is 10.1. The maximum atomic E-state index is 12.1. The molecule has 1 aliphatic carbocycles. The molecule has 0 heterocycles. The molecule has 0 saturated carbocycles. The Kier molecular flexibility index (Phi) is 4.02. The number of aliphatic carboxylic acids is 1. The summed E-state index contributed by atoms with van der Waals surface area (Å²) in [4.78, 5) is 23.1. The van der Waals surface area contributed by atoms with Crippen LogP contribution in [-0.4, -0.2) is 23.2 Å². The minimum Gasteiger partial charge on any atom is -0.480 e. The highest BCUT2D eigenvalue weighted by Crippen LogP contribution is 2.44. The highest BCUT2D eigenvalue weighted by Gasteiger charge is 2.31. The molecule has 3 rings (SSSR count). The summed E-state index contributed by atoms with van der Waals surface area (Å²) in [6.07, 6.45) is -0.952. The first-order chi connectivity index (χ1) is 11.1. The summed E-state index contributed by atoms with van der Waals surface area (Å²) in [5, 5.41) is 11.4. The van der Waals surface area contributed by atoms with Crippen LogP contribution in [0, 0.1) is 0 Å². The smallest absolute Gasteiger partial charge is 0.408 e. The molecular formula is C18H17NO4. The van der Waals surface area contributed by atoms with Crippen LogP contribution in [0.2, 0.25) is 0 Å². The van der Waals surface area contributed by atoms with E-state index in [0.29, 0.717) is 6.42 Å². The summed E-state index contributed by atoms with van der Waals surface area (Å²) in [7, 11) is 0. The molecule has 1 atom stereocenters. The van der Waals surface area contributed by atoms with E-state index in [9.17, 15) is 9.59 Å². The number of hydrogen-bond acceptors (Lipinski definition) is 3. The van der Waals surface area contributed by atoms with Crippen LogP contribution in [0.15, 0.2) is 48.5 Å². The summed E-state index contributed by atoms with van der Waals surface area (Å²) in [5.74, 6) is -1.07. The summed E-state index contributed by atoms with van der Waals surface area (Å²) < 4.78 is 5.53. The van der Waals surface area contributed by atoms with E-state index < -0.39 is 24.2 Å². The molecular weight excluding hydrogens is 294 g/mol. The van der Waals surface area contributed by atoms with Gasteiger partial charge >= 0.3 is 12.1 Å². The SMILES string of the molecule is CCC(NC(=O)OC1c2ccccc2-c2ccccc21)C(=O)O. The van der Waals surface area contributed by atoms with Crippen LogP contribution in [0.4, 0.5) is 4.79 Å². The van der Waals surface area contributed by atoms with Crippen molar-refractivity contribution in [1.29, 1.82) is 0 Å². The fraction of sp³-hybridized carbons (Fsp3) is 0.222. The molecule has 23 heavy (non-hydrogen) atoms. The minimum atomic E-state index is -1.07. The topological polar surface area (TPSA) is 75.6 Å². The zero-order valence-electron chi connectivity index (χ0n) is 12.7. The molecule has 5 heteroatoms. The molecule has 0 saturated heterocycles. The maximum Gasteiger partial charge on any atom is 0.408 e. The lowest BCUT2D eigenvalue weighted by molar-refractivity contribution is -0.139. The first-order valence-electron chi connectivity index (χ1n) is 7.50. The van der Waals surface area contributed by atoms with Crippen LogP contribution >= 0.6 is 0 Å². The predicted octanol–water partition coefficient (Wildman–Crippen LogP) is 3.35. The third kappa shape index (κ3) is 2.77. The molecule has 118 valence electrons. The number of carbonyl (C=O) groups excluding carboxylic acids is 1. The average Bonchev–Trinajstić information content (AvgIpc) is 2.87. The third-order valence-electron chi connectivity index (χ3n) is 4.00. The monoisotopic (exact) mass is 311 g/mol. The van der Waals surface area contributed by atoms with Crippen molar-refractivity contribution in [2.75, 3.05) is 0 Å². The summed E-state index contributed by atoms with van der Waals surface area (Å²) in [5.41, 5.74) is 3.89. The number of nitrogens with one attached hydrogen (secondary N) is 1. The Bertz CT molecular complexity index is 711. The van der Waals surface area contributed by atoms with Crippen molar-refractivity contribution < 1.29 is 19.4 Å². The van der Waals surface area contributed by atoms with E-state index in [2.05, 4.69) is 5.32 Å². The zero-order chi connectivity index (χ0) is 16.4. The molecule has 2 aromatic rings. The summed E-state index contributed by atoms with van der Waals surface area (Å²) >= 11 is 0. The fourth-order valence-electron chi connectivity index (χ4n) is 2.86. The Morgan fingerprint density at radius 3 is 2.09 bits per heavy atom. The van der Waals surface area contributed by atoms with Gasteiger partial charge in [-0.3, -0.25) is 0 Å². The van der Waals surface area contributed by atoms with E-state index in [-0.39, 0.29) is 0 Å². The lowest BCUT2D eigenvalue weighted by Gasteiger charge is -2.18. The molecule has 0 bridgehead atoms. The largest absolute Gasteiger partial charge is 0.480 e. The average molecular weight is 311 g/mol. The number of carboxylic acids is 1. The van der Waals surface area contributed by atoms with Gasteiger partial charge in [0.15, 0.2) is 6.10 Å². The van der Waals surface area contributed by atoms with Crippen LogP contribution < -0.4 is 5.32 Å². The van der Waals surface area contributed by atoms with Crippen molar-refractivity contribution in [1.82, 2.24) is 5.32 Å². The third-order valence-corrected chi connectivity index (χ3v) is 4.00.